The highest BCUT2D eigenvalue weighted by atomic mass is 16.2. The predicted octanol–water partition coefficient (Wildman–Crippen LogP) is 0.103. The molecule has 0 aromatic heterocycles. The van der Waals surface area contributed by atoms with Gasteiger partial charge in [0.05, 0.1) is 11.6 Å². The van der Waals surface area contributed by atoms with Crippen molar-refractivity contribution in [2.45, 2.75) is 6.92 Å². The molecule has 0 atom stereocenters. The molecule has 2 nitrogen and oxygen atoms in total. The molecule has 0 unspecified atom stereocenters. The third kappa shape index (κ3) is 1.60. The molecule has 1 aromatic rings. The van der Waals surface area contributed by atoms with Crippen LogP contribution in [0.1, 0.15) is 11.1 Å². The number of hydrogen-bond acceptors (Lipinski definition) is 2. The van der Waals surface area contributed by atoms with E-state index in [1.165, 1.54) is 0 Å². The number of nitrogens with zero attached hydrogens (tertiary/aromatic N) is 1. The van der Waals surface area contributed by atoms with Gasteiger partial charge in [-0.2, -0.15) is 5.26 Å². The van der Waals surface area contributed by atoms with E-state index >= 15 is 0 Å². The summed E-state index contributed by atoms with van der Waals surface area (Å²) in [6.45, 7) is 1.88. The Bertz CT molecular complexity index is 303. The summed E-state index contributed by atoms with van der Waals surface area (Å²) in [7, 11) is 1.01. The van der Waals surface area contributed by atoms with Crippen LogP contribution in [0, 0.1) is 18.3 Å². The molecular formula is C8H7BNO. The summed E-state index contributed by atoms with van der Waals surface area (Å²) in [5.74, 6) is 0. The molecule has 0 aliphatic rings. The second-order valence-corrected chi connectivity index (χ2v) is 2.31. The minimum Gasteiger partial charge on any atom is -0.450 e. The minimum absolute atomic E-state index is 0.566. The summed E-state index contributed by atoms with van der Waals surface area (Å²) >= 11 is 0. The van der Waals surface area contributed by atoms with Crippen LogP contribution in [0.2, 0.25) is 0 Å². The Hall–Kier alpha value is -1.27. The van der Waals surface area contributed by atoms with Crippen LogP contribution >= 0.6 is 0 Å². The molecule has 1 N–H and O–H groups in total. The summed E-state index contributed by atoms with van der Waals surface area (Å²) in [5, 5.41) is 17.2. The van der Waals surface area contributed by atoms with Crippen molar-refractivity contribution in [1.82, 2.24) is 0 Å². The molecule has 0 heterocycles. The molecule has 11 heavy (non-hydrogen) atoms. The van der Waals surface area contributed by atoms with Crippen LogP contribution in [0.3, 0.4) is 0 Å². The van der Waals surface area contributed by atoms with E-state index in [1.807, 2.05) is 13.0 Å². The van der Waals surface area contributed by atoms with Crippen LogP contribution in [0.15, 0.2) is 18.2 Å². The van der Waals surface area contributed by atoms with Gasteiger partial charge in [-0.15, -0.1) is 0 Å². The van der Waals surface area contributed by atoms with Gasteiger partial charge in [-0.25, -0.2) is 0 Å². The molecule has 0 aliphatic heterocycles. The third-order valence-electron chi connectivity index (χ3n) is 1.55. The van der Waals surface area contributed by atoms with Crippen molar-refractivity contribution in [3.63, 3.8) is 0 Å². The van der Waals surface area contributed by atoms with Gasteiger partial charge in [0.25, 0.3) is 0 Å². The lowest BCUT2D eigenvalue weighted by atomic mass is 9.84. The lowest BCUT2D eigenvalue weighted by Crippen LogP contribution is -2.17. The van der Waals surface area contributed by atoms with Gasteiger partial charge in [0.1, 0.15) is 0 Å². The molecule has 1 rings (SSSR count). The molecule has 0 saturated heterocycles. The van der Waals surface area contributed by atoms with E-state index in [2.05, 4.69) is 0 Å². The fourth-order valence-electron chi connectivity index (χ4n) is 0.849. The number of benzene rings is 1. The smallest absolute Gasteiger partial charge is 0.327 e. The van der Waals surface area contributed by atoms with Gasteiger partial charge in [-0.3, -0.25) is 0 Å². The second kappa shape index (κ2) is 3.22. The largest absolute Gasteiger partial charge is 0.450 e. The zero-order valence-corrected chi connectivity index (χ0v) is 6.20. The Kier molecular flexibility index (Phi) is 2.30. The average molecular weight is 144 g/mol. The van der Waals surface area contributed by atoms with E-state index in [-0.39, 0.29) is 0 Å². The van der Waals surface area contributed by atoms with Crippen molar-refractivity contribution >= 4 is 12.9 Å². The van der Waals surface area contributed by atoms with E-state index in [0.717, 1.165) is 13.0 Å². The summed E-state index contributed by atoms with van der Waals surface area (Å²) in [6, 6.07) is 7.18. The fourth-order valence-corrected chi connectivity index (χ4v) is 0.849. The molecule has 0 amide bonds. The molecule has 1 radical (unpaired) electrons. The topological polar surface area (TPSA) is 44.0 Å². The molecule has 0 bridgehead atoms. The molecule has 53 valence electrons. The van der Waals surface area contributed by atoms with E-state index in [0.29, 0.717) is 11.0 Å². The molecule has 1 aromatic carbocycles. The Balaban J connectivity index is 3.15. The monoisotopic (exact) mass is 144 g/mol. The Morgan fingerprint density at radius 1 is 1.55 bits per heavy atom. The number of nitriles is 1. The van der Waals surface area contributed by atoms with Gasteiger partial charge in [0.2, 0.25) is 0 Å². The van der Waals surface area contributed by atoms with Crippen LogP contribution in [-0.4, -0.2) is 12.5 Å². The molecule has 3 heteroatoms. The Labute approximate surface area is 66.4 Å². The maximum absolute atomic E-state index is 8.70. The SMILES string of the molecule is Cc1ccc(C#N)cc1[B]O. The quantitative estimate of drug-likeness (QED) is 0.568. The van der Waals surface area contributed by atoms with E-state index in [9.17, 15) is 0 Å². The zero-order valence-electron chi connectivity index (χ0n) is 6.20. The van der Waals surface area contributed by atoms with Crippen molar-refractivity contribution in [2.75, 3.05) is 0 Å². The van der Waals surface area contributed by atoms with Crippen molar-refractivity contribution in [1.29, 1.82) is 5.26 Å². The molecule has 0 spiro atoms. The summed E-state index contributed by atoms with van der Waals surface area (Å²) < 4.78 is 0. The van der Waals surface area contributed by atoms with Crippen LogP contribution in [0.25, 0.3) is 0 Å². The van der Waals surface area contributed by atoms with Gasteiger partial charge in [0, 0.05) is 0 Å². The van der Waals surface area contributed by atoms with Gasteiger partial charge in [-0.05, 0) is 24.5 Å². The van der Waals surface area contributed by atoms with Crippen molar-refractivity contribution < 1.29 is 5.02 Å². The van der Waals surface area contributed by atoms with Crippen LogP contribution in [0.5, 0.6) is 0 Å². The Morgan fingerprint density at radius 3 is 2.82 bits per heavy atom. The molecule has 0 aliphatic carbocycles. The minimum atomic E-state index is 0.566. The first-order valence-electron chi connectivity index (χ1n) is 3.26. The normalized spacial score (nSPS) is 8.82. The zero-order chi connectivity index (χ0) is 8.27. The van der Waals surface area contributed by atoms with Crippen LogP contribution < -0.4 is 5.46 Å². The van der Waals surface area contributed by atoms with E-state index in [4.69, 9.17) is 10.3 Å². The maximum Gasteiger partial charge on any atom is 0.327 e. The number of hydrogen-bond donors (Lipinski definition) is 1. The first-order chi connectivity index (χ1) is 5.27. The maximum atomic E-state index is 8.70. The van der Waals surface area contributed by atoms with Gasteiger partial charge in [-0.1, -0.05) is 11.6 Å². The van der Waals surface area contributed by atoms with Crippen LogP contribution in [-0.2, 0) is 0 Å². The van der Waals surface area contributed by atoms with Crippen molar-refractivity contribution in [2.24, 2.45) is 0 Å². The molecule has 0 saturated carbocycles. The predicted molar refractivity (Wildman–Crippen MR) is 43.5 cm³/mol. The summed E-state index contributed by atoms with van der Waals surface area (Å²) in [5.41, 5.74) is 2.23. The highest BCUT2D eigenvalue weighted by molar-refractivity contribution is 6.46. The number of aryl methyl sites for hydroxylation is 1. The lowest BCUT2D eigenvalue weighted by Gasteiger charge is -1.99. The van der Waals surface area contributed by atoms with Gasteiger partial charge < -0.3 is 5.02 Å². The first kappa shape index (κ1) is 7.84. The third-order valence-corrected chi connectivity index (χ3v) is 1.55. The second-order valence-electron chi connectivity index (χ2n) is 2.31. The average Bonchev–Trinajstić information content (AvgIpc) is 2.05. The first-order valence-corrected chi connectivity index (χ1v) is 3.26. The number of rotatable bonds is 1. The summed E-state index contributed by atoms with van der Waals surface area (Å²) in [4.78, 5) is 0. The van der Waals surface area contributed by atoms with Crippen molar-refractivity contribution in [3.05, 3.63) is 29.3 Å². The standard InChI is InChI=1S/C8H7BNO/c1-6-2-3-7(5-10)4-8(6)9-11/h2-4,11H,1H3. The molecule has 0 fully saturated rings. The van der Waals surface area contributed by atoms with Gasteiger partial charge in [0.15, 0.2) is 0 Å². The highest BCUT2D eigenvalue weighted by Gasteiger charge is 1.99. The lowest BCUT2D eigenvalue weighted by molar-refractivity contribution is 0.615. The van der Waals surface area contributed by atoms with Crippen LogP contribution in [0.4, 0.5) is 0 Å². The highest BCUT2D eigenvalue weighted by Crippen LogP contribution is 1.97. The Morgan fingerprint density at radius 2 is 2.27 bits per heavy atom. The van der Waals surface area contributed by atoms with E-state index in [1.54, 1.807) is 18.2 Å². The van der Waals surface area contributed by atoms with Gasteiger partial charge >= 0.3 is 7.48 Å². The molecular weight excluding hydrogens is 137 g/mol. The van der Waals surface area contributed by atoms with E-state index < -0.39 is 0 Å². The fraction of sp³-hybridized carbons (Fsp3) is 0.125. The summed E-state index contributed by atoms with van der Waals surface area (Å²) in [6.07, 6.45) is 0. The van der Waals surface area contributed by atoms with Crippen molar-refractivity contribution in [3.8, 4) is 6.07 Å².